The van der Waals surface area contributed by atoms with Crippen molar-refractivity contribution in [1.29, 1.82) is 0 Å². The van der Waals surface area contributed by atoms with Crippen LogP contribution in [-0.2, 0) is 0 Å². The molecule has 0 bridgehead atoms. The Balaban J connectivity index is 2.66. The highest BCUT2D eigenvalue weighted by atomic mass is 14.7. The van der Waals surface area contributed by atoms with Crippen LogP contribution in [0.3, 0.4) is 0 Å². The van der Waals surface area contributed by atoms with Crippen molar-refractivity contribution < 1.29 is 0 Å². The molecule has 1 heterocycles. The van der Waals surface area contributed by atoms with Gasteiger partial charge in [0, 0.05) is 17.9 Å². The molecule has 0 spiro atoms. The maximum absolute atomic E-state index is 6.01. The van der Waals surface area contributed by atoms with Gasteiger partial charge in [0.15, 0.2) is 0 Å². The molecule has 72 valence electrons. The van der Waals surface area contributed by atoms with E-state index in [0.29, 0.717) is 5.92 Å². The number of nitrogens with zero attached hydrogens (tertiary/aromatic N) is 1. The van der Waals surface area contributed by atoms with Crippen LogP contribution < -0.4 is 5.73 Å². The van der Waals surface area contributed by atoms with E-state index in [1.165, 1.54) is 0 Å². The predicted octanol–water partition coefficient (Wildman–Crippen LogP) is 2.44. The van der Waals surface area contributed by atoms with Gasteiger partial charge in [-0.1, -0.05) is 19.9 Å². The van der Waals surface area contributed by atoms with Crippen LogP contribution >= 0.6 is 0 Å². The second-order valence-corrected chi connectivity index (χ2v) is 3.97. The summed E-state index contributed by atoms with van der Waals surface area (Å²) in [5, 5.41) is 0. The first-order valence-electron chi connectivity index (χ1n) is 4.77. The molecule has 0 aromatic carbocycles. The predicted molar refractivity (Wildman–Crippen MR) is 55.4 cm³/mol. The van der Waals surface area contributed by atoms with Crippen LogP contribution in [0.4, 0.5) is 0 Å². The molecule has 2 nitrogen and oxygen atoms in total. The van der Waals surface area contributed by atoms with E-state index in [1.54, 1.807) is 0 Å². The second kappa shape index (κ2) is 4.38. The van der Waals surface area contributed by atoms with Gasteiger partial charge in [-0.3, -0.25) is 4.98 Å². The fraction of sp³-hybridized carbons (Fsp3) is 0.545. The Kier molecular flexibility index (Phi) is 3.43. The van der Waals surface area contributed by atoms with E-state index in [2.05, 4.69) is 24.9 Å². The maximum Gasteiger partial charge on any atom is 0.0372 e. The molecule has 1 rings (SSSR count). The van der Waals surface area contributed by atoms with E-state index in [0.717, 1.165) is 17.7 Å². The number of pyridine rings is 1. The van der Waals surface area contributed by atoms with Crippen molar-refractivity contribution in [3.63, 3.8) is 0 Å². The molecule has 2 N–H and O–H groups in total. The molecule has 1 aromatic rings. The van der Waals surface area contributed by atoms with Crippen molar-refractivity contribution in [2.24, 2.45) is 11.7 Å². The molecule has 1 unspecified atom stereocenters. The van der Waals surface area contributed by atoms with Gasteiger partial charge >= 0.3 is 0 Å². The number of aryl methyl sites for hydroxylation is 1. The van der Waals surface area contributed by atoms with Crippen LogP contribution in [0.1, 0.15) is 37.6 Å². The van der Waals surface area contributed by atoms with Crippen molar-refractivity contribution in [3.8, 4) is 0 Å². The van der Waals surface area contributed by atoms with Crippen LogP contribution in [-0.4, -0.2) is 4.98 Å². The van der Waals surface area contributed by atoms with E-state index >= 15 is 0 Å². The Morgan fingerprint density at radius 2 is 2.08 bits per heavy atom. The largest absolute Gasteiger partial charge is 0.324 e. The number of hydrogen-bond donors (Lipinski definition) is 1. The van der Waals surface area contributed by atoms with Crippen LogP contribution in [0.25, 0.3) is 0 Å². The van der Waals surface area contributed by atoms with Gasteiger partial charge in [-0.05, 0) is 30.9 Å². The van der Waals surface area contributed by atoms with Gasteiger partial charge in [0.05, 0.1) is 0 Å². The van der Waals surface area contributed by atoms with Crippen LogP contribution in [0.2, 0.25) is 0 Å². The number of rotatable bonds is 3. The fourth-order valence-corrected chi connectivity index (χ4v) is 1.34. The second-order valence-electron chi connectivity index (χ2n) is 3.97. The minimum absolute atomic E-state index is 0.132. The zero-order valence-electron chi connectivity index (χ0n) is 8.62. The molecule has 2 heteroatoms. The lowest BCUT2D eigenvalue weighted by atomic mass is 9.99. The lowest BCUT2D eigenvalue weighted by molar-refractivity contribution is 0.509. The topological polar surface area (TPSA) is 38.9 Å². The van der Waals surface area contributed by atoms with Gasteiger partial charge in [-0.15, -0.1) is 0 Å². The highest BCUT2D eigenvalue weighted by Gasteiger charge is 2.07. The molecule has 0 saturated carbocycles. The van der Waals surface area contributed by atoms with Crippen LogP contribution in [0.15, 0.2) is 18.3 Å². The third kappa shape index (κ3) is 3.15. The Hall–Kier alpha value is -0.890. The molecule has 0 amide bonds. The van der Waals surface area contributed by atoms with Crippen molar-refractivity contribution in [1.82, 2.24) is 4.98 Å². The van der Waals surface area contributed by atoms with Gasteiger partial charge in [0.2, 0.25) is 0 Å². The summed E-state index contributed by atoms with van der Waals surface area (Å²) in [7, 11) is 0. The highest BCUT2D eigenvalue weighted by Crippen LogP contribution is 2.17. The van der Waals surface area contributed by atoms with Gasteiger partial charge in [-0.25, -0.2) is 0 Å². The molecule has 1 aromatic heterocycles. The summed E-state index contributed by atoms with van der Waals surface area (Å²) in [6.45, 7) is 6.35. The third-order valence-corrected chi connectivity index (χ3v) is 2.09. The molecule has 0 saturated heterocycles. The zero-order valence-corrected chi connectivity index (χ0v) is 8.62. The van der Waals surface area contributed by atoms with Crippen molar-refractivity contribution in [2.75, 3.05) is 0 Å². The monoisotopic (exact) mass is 178 g/mol. The normalized spacial score (nSPS) is 13.3. The smallest absolute Gasteiger partial charge is 0.0372 e. The summed E-state index contributed by atoms with van der Waals surface area (Å²) in [5.41, 5.74) is 8.19. The highest BCUT2D eigenvalue weighted by molar-refractivity contribution is 5.16. The first-order valence-corrected chi connectivity index (χ1v) is 4.77. The molecule has 0 aliphatic carbocycles. The molecule has 0 radical (unpaired) electrons. The summed E-state index contributed by atoms with van der Waals surface area (Å²) in [5.74, 6) is 0.635. The lowest BCUT2D eigenvalue weighted by Crippen LogP contribution is -2.13. The van der Waals surface area contributed by atoms with Crippen molar-refractivity contribution >= 4 is 0 Å². The molecular weight excluding hydrogens is 160 g/mol. The SMILES string of the molecule is Cc1ccc(C(N)CC(C)C)cn1. The lowest BCUT2D eigenvalue weighted by Gasteiger charge is -2.13. The van der Waals surface area contributed by atoms with Crippen molar-refractivity contribution in [2.45, 2.75) is 33.2 Å². The standard InChI is InChI=1S/C11H18N2/c1-8(2)6-11(12)10-5-4-9(3)13-7-10/h4-5,7-8,11H,6,12H2,1-3H3. The molecule has 13 heavy (non-hydrogen) atoms. The summed E-state index contributed by atoms with van der Waals surface area (Å²) in [4.78, 5) is 4.23. The Morgan fingerprint density at radius 3 is 2.54 bits per heavy atom. The number of nitrogens with two attached hydrogens (primary N) is 1. The van der Waals surface area contributed by atoms with Gasteiger partial charge < -0.3 is 5.73 Å². The van der Waals surface area contributed by atoms with Crippen LogP contribution in [0, 0.1) is 12.8 Å². The van der Waals surface area contributed by atoms with E-state index in [-0.39, 0.29) is 6.04 Å². The van der Waals surface area contributed by atoms with E-state index in [1.807, 2.05) is 19.2 Å². The van der Waals surface area contributed by atoms with E-state index in [4.69, 9.17) is 5.73 Å². The first kappa shape index (κ1) is 10.2. The Labute approximate surface area is 80.2 Å². The molecule has 0 fully saturated rings. The summed E-state index contributed by atoms with van der Waals surface area (Å²) >= 11 is 0. The average Bonchev–Trinajstić information content (AvgIpc) is 2.04. The minimum atomic E-state index is 0.132. The van der Waals surface area contributed by atoms with E-state index in [9.17, 15) is 0 Å². The number of hydrogen-bond acceptors (Lipinski definition) is 2. The van der Waals surface area contributed by atoms with Crippen molar-refractivity contribution in [3.05, 3.63) is 29.6 Å². The summed E-state index contributed by atoms with van der Waals surface area (Å²) < 4.78 is 0. The minimum Gasteiger partial charge on any atom is -0.324 e. The quantitative estimate of drug-likeness (QED) is 0.772. The number of aromatic nitrogens is 1. The Morgan fingerprint density at radius 1 is 1.38 bits per heavy atom. The third-order valence-electron chi connectivity index (χ3n) is 2.09. The zero-order chi connectivity index (χ0) is 9.84. The van der Waals surface area contributed by atoms with Gasteiger partial charge in [0.1, 0.15) is 0 Å². The molecular formula is C11H18N2. The van der Waals surface area contributed by atoms with Gasteiger partial charge in [-0.2, -0.15) is 0 Å². The first-order chi connectivity index (χ1) is 6.09. The fourth-order valence-electron chi connectivity index (χ4n) is 1.34. The Bertz CT molecular complexity index is 251. The van der Waals surface area contributed by atoms with E-state index < -0.39 is 0 Å². The molecule has 1 atom stereocenters. The molecule has 0 aliphatic rings. The van der Waals surface area contributed by atoms with Crippen LogP contribution in [0.5, 0.6) is 0 Å². The average molecular weight is 178 g/mol. The maximum atomic E-state index is 6.01. The van der Waals surface area contributed by atoms with Gasteiger partial charge in [0.25, 0.3) is 0 Å². The summed E-state index contributed by atoms with van der Waals surface area (Å²) in [6.07, 6.45) is 2.90. The summed E-state index contributed by atoms with van der Waals surface area (Å²) in [6, 6.07) is 4.21. The molecule has 0 aliphatic heterocycles.